The van der Waals surface area contributed by atoms with Gasteiger partial charge in [0.2, 0.25) is 0 Å². The summed E-state index contributed by atoms with van der Waals surface area (Å²) in [5.41, 5.74) is 6.88. The van der Waals surface area contributed by atoms with E-state index in [1.165, 1.54) is 34.2 Å². The fraction of sp³-hybridized carbons (Fsp3) is 0.227. The molecular weight excluding hydrogens is 386 g/mol. The third kappa shape index (κ3) is 3.16. The number of thioether (sulfide) groups is 1. The summed E-state index contributed by atoms with van der Waals surface area (Å²) in [5.74, 6) is -0.569. The summed E-state index contributed by atoms with van der Waals surface area (Å²) < 4.78 is 2.21. The predicted octanol–water partition coefficient (Wildman–Crippen LogP) is 5.59. The van der Waals surface area contributed by atoms with Crippen molar-refractivity contribution in [1.29, 1.82) is 5.41 Å². The van der Waals surface area contributed by atoms with Crippen molar-refractivity contribution < 1.29 is 4.79 Å². The van der Waals surface area contributed by atoms with Crippen LogP contribution in [0.15, 0.2) is 40.7 Å². The molecule has 0 aliphatic carbocycles. The molecule has 0 radical (unpaired) electrons. The third-order valence-corrected chi connectivity index (χ3v) is 7.03. The number of hydrogen-bond acceptors (Lipinski definition) is 5. The summed E-state index contributed by atoms with van der Waals surface area (Å²) in [4.78, 5) is 17.8. The van der Waals surface area contributed by atoms with Gasteiger partial charge in [0.15, 0.2) is 5.78 Å². The van der Waals surface area contributed by atoms with Crippen molar-refractivity contribution in [2.75, 3.05) is 0 Å². The number of nitrogens with one attached hydrogen (secondary N) is 1. The van der Waals surface area contributed by atoms with Crippen molar-refractivity contribution in [2.24, 2.45) is 0 Å². The maximum absolute atomic E-state index is 12.9. The van der Waals surface area contributed by atoms with E-state index in [2.05, 4.69) is 61.5 Å². The van der Waals surface area contributed by atoms with Crippen molar-refractivity contribution in [3.05, 3.63) is 73.8 Å². The van der Waals surface area contributed by atoms with E-state index in [0.29, 0.717) is 15.0 Å². The Morgan fingerprint density at radius 3 is 2.61 bits per heavy atom. The number of carbonyl (C=O) groups excluding carboxylic acids is 1. The Kier molecular flexibility index (Phi) is 4.85. The Hall–Kier alpha value is -2.44. The van der Waals surface area contributed by atoms with Gasteiger partial charge in [-0.3, -0.25) is 10.2 Å². The second-order valence-corrected chi connectivity index (χ2v) is 9.08. The summed E-state index contributed by atoms with van der Waals surface area (Å²) >= 11 is 2.68. The number of Topliss-reactive ketones (excluding diaryl/α,β-unsaturated/α-hetero) is 1. The number of hydrogen-bond donors (Lipinski definition) is 1. The lowest BCUT2D eigenvalue weighted by molar-refractivity contribution is -0.114. The molecule has 1 aliphatic heterocycles. The molecule has 2 aromatic heterocycles. The Labute approximate surface area is 172 Å². The normalized spacial score (nSPS) is 18.4. The van der Waals surface area contributed by atoms with Crippen LogP contribution in [0.2, 0.25) is 0 Å². The van der Waals surface area contributed by atoms with Gasteiger partial charge in [0.1, 0.15) is 10.9 Å². The second-order valence-electron chi connectivity index (χ2n) is 7.07. The van der Waals surface area contributed by atoms with Gasteiger partial charge in [0, 0.05) is 28.7 Å². The molecule has 3 aromatic rings. The van der Waals surface area contributed by atoms with Crippen LogP contribution in [0.4, 0.5) is 0 Å². The van der Waals surface area contributed by atoms with E-state index in [9.17, 15) is 4.79 Å². The Bertz CT molecular complexity index is 1120. The lowest BCUT2D eigenvalue weighted by atomic mass is 10.1. The van der Waals surface area contributed by atoms with E-state index in [-0.39, 0.29) is 5.78 Å². The van der Waals surface area contributed by atoms with Crippen LogP contribution in [0, 0.1) is 33.1 Å². The molecule has 1 fully saturated rings. The van der Waals surface area contributed by atoms with Crippen molar-refractivity contribution in [1.82, 2.24) is 9.55 Å². The fourth-order valence-corrected chi connectivity index (χ4v) is 5.32. The van der Waals surface area contributed by atoms with Crippen LogP contribution in [0.25, 0.3) is 11.8 Å². The van der Waals surface area contributed by atoms with E-state index in [1.807, 2.05) is 11.5 Å². The number of rotatable bonds is 3. The molecule has 1 atom stereocenters. The molecule has 4 nitrogen and oxygen atoms in total. The first-order valence-electron chi connectivity index (χ1n) is 9.05. The molecule has 4 rings (SSSR count). The van der Waals surface area contributed by atoms with Gasteiger partial charge in [-0.15, -0.1) is 11.3 Å². The van der Waals surface area contributed by atoms with E-state index < -0.39 is 5.92 Å². The van der Waals surface area contributed by atoms with Gasteiger partial charge in [-0.05, 0) is 68.7 Å². The van der Waals surface area contributed by atoms with Gasteiger partial charge >= 0.3 is 0 Å². The van der Waals surface area contributed by atoms with Gasteiger partial charge in [-0.2, -0.15) is 0 Å². The van der Waals surface area contributed by atoms with Crippen molar-refractivity contribution in [2.45, 2.75) is 33.6 Å². The SMILES string of the molecule is Cc1ccc(-n2c(C)cc(/C=C3\SC(=N)[C@@H](c4nccs4)C3=O)c2C)cc1C. The molecule has 142 valence electrons. The highest BCUT2D eigenvalue weighted by Gasteiger charge is 2.38. The number of nitrogens with zero attached hydrogens (tertiary/aromatic N) is 2. The lowest BCUT2D eigenvalue weighted by Gasteiger charge is -2.11. The average Bonchev–Trinajstić information content (AvgIpc) is 3.32. The Balaban J connectivity index is 1.72. The minimum Gasteiger partial charge on any atom is -0.318 e. The van der Waals surface area contributed by atoms with Crippen LogP contribution in [0.3, 0.4) is 0 Å². The lowest BCUT2D eigenvalue weighted by Crippen LogP contribution is -2.11. The standard InChI is InChI=1S/C22H21N3OS2/c1-12-5-6-17(9-13(12)2)25-14(3)10-16(15(25)4)11-18-20(26)19(21(23)28-18)22-24-7-8-27-22/h5-11,19,23H,1-4H3/b18-11-,23-21?/t19-/m0/s1. The topological polar surface area (TPSA) is 58.7 Å². The zero-order chi connectivity index (χ0) is 20.0. The summed E-state index contributed by atoms with van der Waals surface area (Å²) in [6, 6.07) is 8.56. The average molecular weight is 408 g/mol. The summed E-state index contributed by atoms with van der Waals surface area (Å²) in [5, 5.41) is 11.2. The van der Waals surface area contributed by atoms with Gasteiger partial charge in [-0.25, -0.2) is 4.98 Å². The molecule has 0 unspecified atom stereocenters. The van der Waals surface area contributed by atoms with Crippen molar-refractivity contribution in [3.8, 4) is 5.69 Å². The molecule has 3 heterocycles. The smallest absolute Gasteiger partial charge is 0.186 e. The predicted molar refractivity (Wildman–Crippen MR) is 118 cm³/mol. The number of thiazole rings is 1. The van der Waals surface area contributed by atoms with Crippen LogP contribution in [-0.4, -0.2) is 20.4 Å². The minimum absolute atomic E-state index is 0.0269. The molecule has 1 saturated heterocycles. The first-order valence-corrected chi connectivity index (χ1v) is 10.7. The molecule has 0 bridgehead atoms. The number of ketones is 1. The van der Waals surface area contributed by atoms with Crippen LogP contribution in [0.1, 0.15) is 39.0 Å². The van der Waals surface area contributed by atoms with Crippen molar-refractivity contribution >= 4 is 40.0 Å². The summed E-state index contributed by atoms with van der Waals surface area (Å²) in [6.45, 7) is 8.38. The quantitative estimate of drug-likeness (QED) is 0.576. The fourth-order valence-electron chi connectivity index (χ4n) is 3.53. The van der Waals surface area contributed by atoms with Crippen LogP contribution in [-0.2, 0) is 4.79 Å². The van der Waals surface area contributed by atoms with E-state index in [0.717, 1.165) is 22.6 Å². The van der Waals surface area contributed by atoms with Gasteiger partial charge in [0.05, 0.1) is 9.95 Å². The molecule has 0 amide bonds. The maximum Gasteiger partial charge on any atom is 0.186 e. The van der Waals surface area contributed by atoms with Crippen LogP contribution < -0.4 is 0 Å². The van der Waals surface area contributed by atoms with Crippen LogP contribution >= 0.6 is 23.1 Å². The number of allylic oxidation sites excluding steroid dienone is 1. The maximum atomic E-state index is 12.9. The third-order valence-electron chi connectivity index (χ3n) is 5.19. The first kappa shape index (κ1) is 18.9. The molecule has 1 N–H and O–H groups in total. The number of carbonyl (C=O) groups is 1. The highest BCUT2D eigenvalue weighted by atomic mass is 32.2. The molecule has 1 aromatic carbocycles. The zero-order valence-electron chi connectivity index (χ0n) is 16.2. The molecular formula is C22H21N3OS2. The summed E-state index contributed by atoms with van der Waals surface area (Å²) in [6.07, 6.45) is 3.61. The number of aromatic nitrogens is 2. The molecule has 1 aliphatic rings. The van der Waals surface area contributed by atoms with E-state index >= 15 is 0 Å². The minimum atomic E-state index is -0.542. The highest BCUT2D eigenvalue weighted by Crippen LogP contribution is 2.41. The highest BCUT2D eigenvalue weighted by molar-refractivity contribution is 8.19. The molecule has 0 spiro atoms. The molecule has 6 heteroatoms. The van der Waals surface area contributed by atoms with E-state index in [1.54, 1.807) is 6.20 Å². The van der Waals surface area contributed by atoms with Gasteiger partial charge in [0.25, 0.3) is 0 Å². The summed E-state index contributed by atoms with van der Waals surface area (Å²) in [7, 11) is 0. The first-order chi connectivity index (χ1) is 13.4. The monoisotopic (exact) mass is 407 g/mol. The van der Waals surface area contributed by atoms with Gasteiger partial charge in [-0.1, -0.05) is 17.8 Å². The molecule has 0 saturated carbocycles. The van der Waals surface area contributed by atoms with E-state index in [4.69, 9.17) is 5.41 Å². The van der Waals surface area contributed by atoms with Crippen LogP contribution in [0.5, 0.6) is 0 Å². The molecule has 28 heavy (non-hydrogen) atoms. The number of aryl methyl sites for hydroxylation is 3. The zero-order valence-corrected chi connectivity index (χ0v) is 17.9. The largest absolute Gasteiger partial charge is 0.318 e. The Morgan fingerprint density at radius 1 is 1.14 bits per heavy atom. The van der Waals surface area contributed by atoms with Gasteiger partial charge < -0.3 is 4.57 Å². The second kappa shape index (κ2) is 7.18. The Morgan fingerprint density at radius 2 is 1.93 bits per heavy atom. The number of benzene rings is 1. The van der Waals surface area contributed by atoms with Crippen molar-refractivity contribution in [3.63, 3.8) is 0 Å².